The molecule has 2 unspecified atom stereocenters. The molecule has 0 spiro atoms. The van der Waals surface area contributed by atoms with Gasteiger partial charge >= 0.3 is 0 Å². The van der Waals surface area contributed by atoms with Crippen LogP contribution in [-0.4, -0.2) is 7.11 Å². The predicted molar refractivity (Wildman–Crippen MR) is 79.0 cm³/mol. The van der Waals surface area contributed by atoms with Gasteiger partial charge in [0, 0.05) is 18.0 Å². The fourth-order valence-electron chi connectivity index (χ4n) is 2.78. The molecule has 2 N–H and O–H groups in total. The average molecular weight is 287 g/mol. The maximum absolute atomic E-state index is 13.3. The third-order valence-corrected chi connectivity index (χ3v) is 3.90. The number of fused-ring (bicyclic) bond motifs is 1. The van der Waals surface area contributed by atoms with Crippen LogP contribution < -0.4 is 15.2 Å². The van der Waals surface area contributed by atoms with Crippen molar-refractivity contribution >= 4 is 0 Å². The lowest BCUT2D eigenvalue weighted by atomic mass is 9.93. The smallest absolute Gasteiger partial charge is 0.126 e. The van der Waals surface area contributed by atoms with Gasteiger partial charge in [0.05, 0.1) is 7.11 Å². The summed E-state index contributed by atoms with van der Waals surface area (Å²) in [5, 5.41) is 0. The first-order valence-corrected chi connectivity index (χ1v) is 6.94. The highest BCUT2D eigenvalue weighted by molar-refractivity contribution is 5.42. The van der Waals surface area contributed by atoms with E-state index in [1.807, 2.05) is 25.1 Å². The van der Waals surface area contributed by atoms with Gasteiger partial charge in [-0.15, -0.1) is 0 Å². The molecule has 1 heterocycles. The zero-order chi connectivity index (χ0) is 15.0. The first-order valence-electron chi connectivity index (χ1n) is 6.94. The predicted octanol–water partition coefficient (Wildman–Crippen LogP) is 3.67. The van der Waals surface area contributed by atoms with Gasteiger partial charge in [-0.2, -0.15) is 0 Å². The minimum atomic E-state index is -0.286. The van der Waals surface area contributed by atoms with Gasteiger partial charge < -0.3 is 15.2 Å². The third kappa shape index (κ3) is 2.59. The molecule has 0 amide bonds. The number of benzene rings is 2. The Hall–Kier alpha value is -2.07. The summed E-state index contributed by atoms with van der Waals surface area (Å²) in [6, 6.07) is 10.2. The van der Waals surface area contributed by atoms with E-state index in [-0.39, 0.29) is 18.0 Å². The van der Waals surface area contributed by atoms with Crippen molar-refractivity contribution in [3.8, 4) is 11.5 Å². The molecule has 0 saturated carbocycles. The summed E-state index contributed by atoms with van der Waals surface area (Å²) >= 11 is 0. The maximum atomic E-state index is 13.3. The second-order valence-electron chi connectivity index (χ2n) is 5.36. The molecule has 2 aromatic rings. The molecule has 2 atom stereocenters. The van der Waals surface area contributed by atoms with E-state index in [2.05, 4.69) is 0 Å². The topological polar surface area (TPSA) is 44.5 Å². The number of halogens is 1. The number of aryl methyl sites for hydroxylation is 1. The maximum Gasteiger partial charge on any atom is 0.126 e. The number of nitrogens with two attached hydrogens (primary N) is 1. The largest absolute Gasteiger partial charge is 0.496 e. The van der Waals surface area contributed by atoms with Crippen LogP contribution in [0.4, 0.5) is 4.39 Å². The minimum Gasteiger partial charge on any atom is -0.496 e. The first-order chi connectivity index (χ1) is 10.1. The summed E-state index contributed by atoms with van der Waals surface area (Å²) < 4.78 is 24.6. The van der Waals surface area contributed by atoms with Crippen molar-refractivity contribution in [1.29, 1.82) is 0 Å². The fourth-order valence-corrected chi connectivity index (χ4v) is 2.78. The number of hydrogen-bond donors (Lipinski definition) is 1. The van der Waals surface area contributed by atoms with Gasteiger partial charge in [-0.1, -0.05) is 6.07 Å². The van der Waals surface area contributed by atoms with E-state index in [1.165, 1.54) is 12.1 Å². The minimum absolute atomic E-state index is 0.123. The van der Waals surface area contributed by atoms with Gasteiger partial charge in [0.15, 0.2) is 0 Å². The Morgan fingerprint density at radius 1 is 1.24 bits per heavy atom. The molecular formula is C17H18FNO2. The van der Waals surface area contributed by atoms with Gasteiger partial charge in [-0.3, -0.25) is 0 Å². The Morgan fingerprint density at radius 3 is 2.76 bits per heavy atom. The quantitative estimate of drug-likeness (QED) is 0.916. The van der Waals surface area contributed by atoms with Crippen molar-refractivity contribution in [3.63, 3.8) is 0 Å². The molecule has 0 saturated heterocycles. The highest BCUT2D eigenvalue weighted by Gasteiger charge is 2.27. The number of ether oxygens (including phenoxy) is 2. The molecule has 0 bridgehead atoms. The van der Waals surface area contributed by atoms with E-state index in [4.69, 9.17) is 15.2 Å². The monoisotopic (exact) mass is 287 g/mol. The molecule has 21 heavy (non-hydrogen) atoms. The van der Waals surface area contributed by atoms with Gasteiger partial charge in [0.25, 0.3) is 0 Å². The fraction of sp³-hybridized carbons (Fsp3) is 0.294. The van der Waals surface area contributed by atoms with E-state index in [1.54, 1.807) is 13.2 Å². The zero-order valence-corrected chi connectivity index (χ0v) is 12.1. The van der Waals surface area contributed by atoms with E-state index in [9.17, 15) is 4.39 Å². The van der Waals surface area contributed by atoms with Crippen molar-refractivity contribution in [1.82, 2.24) is 0 Å². The molecule has 0 aromatic heterocycles. The number of methoxy groups -OCH3 is 1. The van der Waals surface area contributed by atoms with Crippen molar-refractivity contribution < 1.29 is 13.9 Å². The van der Waals surface area contributed by atoms with Crippen molar-refractivity contribution in [2.45, 2.75) is 25.5 Å². The Kier molecular flexibility index (Phi) is 3.55. The molecule has 4 heteroatoms. The molecular weight excluding hydrogens is 269 g/mol. The van der Waals surface area contributed by atoms with Crippen LogP contribution >= 0.6 is 0 Å². The Bertz CT molecular complexity index is 672. The van der Waals surface area contributed by atoms with Crippen LogP contribution in [0.1, 0.15) is 35.3 Å². The zero-order valence-electron chi connectivity index (χ0n) is 12.1. The first kappa shape index (κ1) is 13.9. The highest BCUT2D eigenvalue weighted by Crippen LogP contribution is 2.40. The molecule has 1 aliphatic heterocycles. The van der Waals surface area contributed by atoms with Crippen LogP contribution in [0.5, 0.6) is 11.5 Å². The molecule has 0 aliphatic carbocycles. The molecule has 1 aliphatic rings. The van der Waals surface area contributed by atoms with E-state index in [0.717, 1.165) is 22.4 Å². The lowest BCUT2D eigenvalue weighted by Gasteiger charge is -2.30. The lowest BCUT2D eigenvalue weighted by Crippen LogP contribution is -2.24. The lowest BCUT2D eigenvalue weighted by molar-refractivity contribution is 0.161. The SMILES string of the molecule is COc1ccc(C2CC(N)c3cc(F)ccc3O2)cc1C. The molecule has 0 radical (unpaired) electrons. The van der Waals surface area contributed by atoms with Crippen LogP contribution in [0.3, 0.4) is 0 Å². The van der Waals surface area contributed by atoms with Crippen molar-refractivity contribution in [3.05, 3.63) is 58.9 Å². The second kappa shape index (κ2) is 5.37. The van der Waals surface area contributed by atoms with Crippen LogP contribution in [0.15, 0.2) is 36.4 Å². The number of hydrogen-bond acceptors (Lipinski definition) is 3. The summed E-state index contributed by atoms with van der Waals surface area (Å²) in [7, 11) is 1.65. The van der Waals surface area contributed by atoms with Gasteiger partial charge in [0.1, 0.15) is 23.4 Å². The van der Waals surface area contributed by atoms with Gasteiger partial charge in [-0.25, -0.2) is 4.39 Å². The molecule has 3 rings (SSSR count). The van der Waals surface area contributed by atoms with Crippen LogP contribution in [0, 0.1) is 12.7 Å². The van der Waals surface area contributed by atoms with Gasteiger partial charge in [-0.05, 0) is 48.4 Å². The van der Waals surface area contributed by atoms with Crippen LogP contribution in [0.25, 0.3) is 0 Å². The summed E-state index contributed by atoms with van der Waals surface area (Å²) in [5.41, 5.74) is 9.01. The summed E-state index contributed by atoms with van der Waals surface area (Å²) in [4.78, 5) is 0. The summed E-state index contributed by atoms with van der Waals surface area (Å²) in [6.07, 6.45) is 0.505. The molecule has 0 fully saturated rings. The van der Waals surface area contributed by atoms with E-state index in [0.29, 0.717) is 12.2 Å². The molecule has 2 aromatic carbocycles. The standard InChI is InChI=1S/C17H18FNO2/c1-10-7-11(3-5-15(10)20-2)17-9-14(19)13-8-12(18)4-6-16(13)21-17/h3-8,14,17H,9,19H2,1-2H3. The second-order valence-corrected chi connectivity index (χ2v) is 5.36. The average Bonchev–Trinajstić information content (AvgIpc) is 2.47. The third-order valence-electron chi connectivity index (χ3n) is 3.90. The van der Waals surface area contributed by atoms with E-state index >= 15 is 0 Å². The van der Waals surface area contributed by atoms with Crippen molar-refractivity contribution in [2.24, 2.45) is 5.73 Å². The number of rotatable bonds is 2. The van der Waals surface area contributed by atoms with E-state index < -0.39 is 0 Å². The van der Waals surface area contributed by atoms with Gasteiger partial charge in [0.2, 0.25) is 0 Å². The Balaban J connectivity index is 1.92. The Morgan fingerprint density at radius 2 is 2.05 bits per heavy atom. The molecule has 3 nitrogen and oxygen atoms in total. The summed E-state index contributed by atoms with van der Waals surface area (Å²) in [5.74, 6) is 1.22. The highest BCUT2D eigenvalue weighted by atomic mass is 19.1. The van der Waals surface area contributed by atoms with Crippen molar-refractivity contribution in [2.75, 3.05) is 7.11 Å². The summed E-state index contributed by atoms with van der Waals surface area (Å²) in [6.45, 7) is 1.99. The van der Waals surface area contributed by atoms with Crippen LogP contribution in [-0.2, 0) is 0 Å². The normalized spacial score (nSPS) is 20.6. The van der Waals surface area contributed by atoms with Crippen LogP contribution in [0.2, 0.25) is 0 Å². The molecule has 110 valence electrons. The Labute approximate surface area is 123 Å².